The van der Waals surface area contributed by atoms with Crippen molar-refractivity contribution >= 4 is 5.97 Å². The van der Waals surface area contributed by atoms with Crippen molar-refractivity contribution in [1.29, 1.82) is 0 Å². The smallest absolute Gasteiger partial charge is 0.332 e. The van der Waals surface area contributed by atoms with Crippen LogP contribution >= 0.6 is 0 Å². The van der Waals surface area contributed by atoms with E-state index in [1.165, 1.54) is 25.7 Å². The Morgan fingerprint density at radius 1 is 0.850 bits per heavy atom. The highest BCUT2D eigenvalue weighted by Gasteiger charge is 2.11. The van der Waals surface area contributed by atoms with Crippen LogP contribution in [0.25, 0.3) is 0 Å². The highest BCUT2D eigenvalue weighted by Crippen LogP contribution is 2.08. The zero-order chi connectivity index (χ0) is 15.1. The Bertz CT molecular complexity index is 251. The van der Waals surface area contributed by atoms with E-state index in [0.717, 1.165) is 38.5 Å². The predicted octanol–water partition coefficient (Wildman–Crippen LogP) is 3.27. The summed E-state index contributed by atoms with van der Waals surface area (Å²) in [6, 6.07) is 0. The van der Waals surface area contributed by atoms with Gasteiger partial charge in [0.25, 0.3) is 0 Å². The van der Waals surface area contributed by atoms with Gasteiger partial charge in [0.1, 0.15) is 0 Å². The number of aliphatic hydroxyl groups excluding tert-OH is 2. The Kier molecular flexibility index (Phi) is 13.9. The van der Waals surface area contributed by atoms with Gasteiger partial charge < -0.3 is 15.3 Å². The molecule has 1 unspecified atom stereocenters. The summed E-state index contributed by atoms with van der Waals surface area (Å²) in [5.74, 6) is -1.13. The van der Waals surface area contributed by atoms with Crippen molar-refractivity contribution in [2.24, 2.45) is 0 Å². The summed E-state index contributed by atoms with van der Waals surface area (Å²) in [5.41, 5.74) is 0. The van der Waals surface area contributed by atoms with E-state index in [9.17, 15) is 4.79 Å². The SMILES string of the molecule is O=C(O)C(O)CCCCC=CCCCCCCCCO. The van der Waals surface area contributed by atoms with Crippen LogP contribution in [-0.4, -0.2) is 34.0 Å². The highest BCUT2D eigenvalue weighted by molar-refractivity contribution is 5.71. The van der Waals surface area contributed by atoms with Gasteiger partial charge in [-0.25, -0.2) is 4.79 Å². The molecule has 4 nitrogen and oxygen atoms in total. The molecule has 0 radical (unpaired) electrons. The fourth-order valence-corrected chi connectivity index (χ4v) is 2.04. The van der Waals surface area contributed by atoms with Crippen LogP contribution < -0.4 is 0 Å². The van der Waals surface area contributed by atoms with Gasteiger partial charge in [0, 0.05) is 6.61 Å². The van der Waals surface area contributed by atoms with Crippen molar-refractivity contribution in [3.63, 3.8) is 0 Å². The second kappa shape index (κ2) is 14.5. The number of aliphatic carboxylic acids is 1. The van der Waals surface area contributed by atoms with E-state index >= 15 is 0 Å². The van der Waals surface area contributed by atoms with Crippen molar-refractivity contribution in [1.82, 2.24) is 0 Å². The van der Waals surface area contributed by atoms with E-state index in [-0.39, 0.29) is 0 Å². The van der Waals surface area contributed by atoms with Crippen LogP contribution in [0.2, 0.25) is 0 Å². The van der Waals surface area contributed by atoms with E-state index in [4.69, 9.17) is 15.3 Å². The molecule has 20 heavy (non-hydrogen) atoms. The Hall–Kier alpha value is -0.870. The monoisotopic (exact) mass is 286 g/mol. The second-order valence-electron chi connectivity index (χ2n) is 5.24. The Labute approximate surface area is 122 Å². The van der Waals surface area contributed by atoms with Gasteiger partial charge in [-0.15, -0.1) is 0 Å². The molecule has 0 aliphatic rings. The minimum atomic E-state index is -1.20. The maximum atomic E-state index is 10.4. The third-order valence-corrected chi connectivity index (χ3v) is 3.33. The Morgan fingerprint density at radius 2 is 1.35 bits per heavy atom. The van der Waals surface area contributed by atoms with Crippen molar-refractivity contribution in [3.8, 4) is 0 Å². The molecule has 1 atom stereocenters. The van der Waals surface area contributed by atoms with Gasteiger partial charge in [-0.2, -0.15) is 0 Å². The summed E-state index contributed by atoms with van der Waals surface area (Å²) in [7, 11) is 0. The number of carboxylic acid groups (broad SMARTS) is 1. The Balaban J connectivity index is 3.18. The first kappa shape index (κ1) is 19.1. The average molecular weight is 286 g/mol. The maximum absolute atomic E-state index is 10.4. The van der Waals surface area contributed by atoms with E-state index in [1.54, 1.807) is 0 Å². The summed E-state index contributed by atoms with van der Waals surface area (Å²) < 4.78 is 0. The van der Waals surface area contributed by atoms with E-state index in [0.29, 0.717) is 13.0 Å². The molecule has 0 fully saturated rings. The van der Waals surface area contributed by atoms with Crippen LogP contribution in [0.5, 0.6) is 0 Å². The predicted molar refractivity (Wildman–Crippen MR) is 80.7 cm³/mol. The van der Waals surface area contributed by atoms with Crippen LogP contribution in [0.1, 0.15) is 70.6 Å². The topological polar surface area (TPSA) is 77.8 Å². The van der Waals surface area contributed by atoms with Crippen molar-refractivity contribution < 1.29 is 20.1 Å². The van der Waals surface area contributed by atoms with Gasteiger partial charge in [0.15, 0.2) is 6.10 Å². The van der Waals surface area contributed by atoms with Crippen molar-refractivity contribution in [2.75, 3.05) is 6.61 Å². The quantitative estimate of drug-likeness (QED) is 0.338. The minimum absolute atomic E-state index is 0.312. The molecule has 3 N–H and O–H groups in total. The van der Waals surface area contributed by atoms with Crippen LogP contribution in [-0.2, 0) is 4.79 Å². The molecular formula is C16H30O4. The van der Waals surface area contributed by atoms with Crippen LogP contribution in [0.4, 0.5) is 0 Å². The molecule has 0 aromatic carbocycles. The lowest BCUT2D eigenvalue weighted by Gasteiger charge is -2.03. The molecule has 0 bridgehead atoms. The second-order valence-corrected chi connectivity index (χ2v) is 5.24. The zero-order valence-electron chi connectivity index (χ0n) is 12.5. The summed E-state index contributed by atoms with van der Waals surface area (Å²) in [6.07, 6.45) is 14.2. The molecule has 0 amide bonds. The molecule has 0 aromatic heterocycles. The summed E-state index contributed by atoms with van der Waals surface area (Å²) in [5, 5.41) is 26.2. The highest BCUT2D eigenvalue weighted by atomic mass is 16.4. The third kappa shape index (κ3) is 13.6. The molecule has 0 saturated heterocycles. The third-order valence-electron chi connectivity index (χ3n) is 3.33. The first-order chi connectivity index (χ1) is 9.68. The van der Waals surface area contributed by atoms with Crippen molar-refractivity contribution in [2.45, 2.75) is 76.7 Å². The van der Waals surface area contributed by atoms with Crippen LogP contribution in [0.3, 0.4) is 0 Å². The number of unbranched alkanes of at least 4 members (excludes halogenated alkanes) is 8. The minimum Gasteiger partial charge on any atom is -0.479 e. The van der Waals surface area contributed by atoms with Gasteiger partial charge in [-0.3, -0.25) is 0 Å². The maximum Gasteiger partial charge on any atom is 0.332 e. The normalized spacial score (nSPS) is 12.9. The molecule has 0 aromatic rings. The summed E-state index contributed by atoms with van der Waals surface area (Å²) >= 11 is 0. The molecule has 0 spiro atoms. The molecule has 0 rings (SSSR count). The number of carbonyl (C=O) groups is 1. The lowest BCUT2D eigenvalue weighted by Crippen LogP contribution is -2.18. The standard InChI is InChI=1S/C16H30O4/c17-14-12-10-8-6-4-2-1-3-5-7-9-11-13-15(18)16(19)20/h3,5,15,17-18H,1-2,4,6-14H2,(H,19,20). The molecule has 0 aliphatic heterocycles. The molecule has 4 heteroatoms. The lowest BCUT2D eigenvalue weighted by molar-refractivity contribution is -0.146. The zero-order valence-corrected chi connectivity index (χ0v) is 12.5. The largest absolute Gasteiger partial charge is 0.479 e. The molecular weight excluding hydrogens is 256 g/mol. The number of allylic oxidation sites excluding steroid dienone is 2. The molecule has 0 heterocycles. The fourth-order valence-electron chi connectivity index (χ4n) is 2.04. The van der Waals surface area contributed by atoms with E-state index in [2.05, 4.69) is 12.2 Å². The number of hydrogen-bond acceptors (Lipinski definition) is 3. The van der Waals surface area contributed by atoms with Gasteiger partial charge >= 0.3 is 5.97 Å². The number of hydrogen-bond donors (Lipinski definition) is 3. The average Bonchev–Trinajstić information content (AvgIpc) is 2.43. The van der Waals surface area contributed by atoms with Crippen molar-refractivity contribution in [3.05, 3.63) is 12.2 Å². The van der Waals surface area contributed by atoms with Gasteiger partial charge in [0.05, 0.1) is 0 Å². The Morgan fingerprint density at radius 3 is 1.90 bits per heavy atom. The number of rotatable bonds is 14. The van der Waals surface area contributed by atoms with Gasteiger partial charge in [0.2, 0.25) is 0 Å². The summed E-state index contributed by atoms with van der Waals surface area (Å²) in [4.78, 5) is 10.4. The van der Waals surface area contributed by atoms with Gasteiger partial charge in [-0.1, -0.05) is 37.8 Å². The van der Waals surface area contributed by atoms with Crippen LogP contribution in [0, 0.1) is 0 Å². The number of aliphatic hydroxyl groups is 2. The molecule has 0 saturated carbocycles. The van der Waals surface area contributed by atoms with E-state index in [1.807, 2.05) is 0 Å². The van der Waals surface area contributed by atoms with Crippen LogP contribution in [0.15, 0.2) is 12.2 Å². The summed E-state index contributed by atoms with van der Waals surface area (Å²) in [6.45, 7) is 0.312. The van der Waals surface area contributed by atoms with E-state index < -0.39 is 12.1 Å². The van der Waals surface area contributed by atoms with Gasteiger partial charge in [-0.05, 0) is 44.9 Å². The first-order valence-electron chi connectivity index (χ1n) is 7.85. The molecule has 118 valence electrons. The molecule has 0 aliphatic carbocycles. The fraction of sp³-hybridized carbons (Fsp3) is 0.812. The number of carboxylic acids is 1. The lowest BCUT2D eigenvalue weighted by atomic mass is 10.1. The first-order valence-corrected chi connectivity index (χ1v) is 7.85.